The summed E-state index contributed by atoms with van der Waals surface area (Å²) < 4.78 is 44.7. The number of alkyl carbamates (subject to hydrolysis) is 1. The van der Waals surface area contributed by atoms with Crippen molar-refractivity contribution in [2.45, 2.75) is 109 Å². The number of amides is 3. The van der Waals surface area contributed by atoms with Crippen molar-refractivity contribution in [2.24, 2.45) is 0 Å². The number of rotatable bonds is 9. The van der Waals surface area contributed by atoms with Gasteiger partial charge in [-0.2, -0.15) is 0 Å². The van der Waals surface area contributed by atoms with Gasteiger partial charge in [0.05, 0.1) is 29.0 Å². The summed E-state index contributed by atoms with van der Waals surface area (Å²) in [4.78, 5) is 56.1. The van der Waals surface area contributed by atoms with E-state index in [4.69, 9.17) is 9.47 Å². The van der Waals surface area contributed by atoms with E-state index in [-0.39, 0.29) is 36.5 Å². The highest BCUT2D eigenvalue weighted by Gasteiger charge is 2.39. The number of hydrogen-bond acceptors (Lipinski definition) is 8. The summed E-state index contributed by atoms with van der Waals surface area (Å²) in [6.07, 6.45) is 5.53. The first-order valence-electron chi connectivity index (χ1n) is 18.5. The number of aromatic nitrogens is 5. The molecule has 1 saturated heterocycles. The molecule has 0 radical (unpaired) electrons. The van der Waals surface area contributed by atoms with Crippen molar-refractivity contribution in [2.75, 3.05) is 19.7 Å². The molecule has 2 aliphatic rings. The van der Waals surface area contributed by atoms with E-state index in [2.05, 4.69) is 45.2 Å². The predicted molar refractivity (Wildman–Crippen MR) is 202 cm³/mol. The largest absolute Gasteiger partial charge is 0.444 e. The first kappa shape index (κ1) is 39.0. The number of nitrogens with zero attached hydrogens (tertiary/aromatic N) is 6. The maximum absolute atomic E-state index is 15.3. The molecule has 16 heteroatoms. The molecule has 2 N–H and O–H groups in total. The number of hydrogen-bond donors (Lipinski definition) is 2. The zero-order valence-corrected chi connectivity index (χ0v) is 32.8. The molecule has 1 fully saturated rings. The molecular formula is C38H50F2N8O5Si. The Hall–Kier alpha value is -4.70. The molecule has 1 aliphatic carbocycles. The third-order valence-electron chi connectivity index (χ3n) is 9.95. The van der Waals surface area contributed by atoms with Crippen molar-refractivity contribution < 1.29 is 27.8 Å². The highest BCUT2D eigenvalue weighted by molar-refractivity contribution is 6.76. The summed E-state index contributed by atoms with van der Waals surface area (Å²) in [5.74, 6) is -2.77. The van der Waals surface area contributed by atoms with Crippen molar-refractivity contribution >= 4 is 31.4 Å². The minimum Gasteiger partial charge on any atom is -0.444 e. The maximum atomic E-state index is 15.3. The monoisotopic (exact) mass is 764 g/mol. The minimum absolute atomic E-state index is 0.0756. The van der Waals surface area contributed by atoms with Crippen LogP contribution in [-0.2, 0) is 16.2 Å². The van der Waals surface area contributed by atoms with E-state index in [1.807, 2.05) is 12.1 Å². The van der Waals surface area contributed by atoms with Crippen LogP contribution >= 0.6 is 0 Å². The number of nitrogens with one attached hydrogen (secondary N) is 2. The van der Waals surface area contributed by atoms with Crippen LogP contribution in [0.1, 0.15) is 87.4 Å². The van der Waals surface area contributed by atoms with Gasteiger partial charge in [-0.15, -0.1) is 0 Å². The van der Waals surface area contributed by atoms with Gasteiger partial charge in [0.15, 0.2) is 17.3 Å². The summed E-state index contributed by atoms with van der Waals surface area (Å²) in [6.45, 7) is 13.5. The second-order valence-electron chi connectivity index (χ2n) is 16.3. The molecule has 290 valence electrons. The number of urea groups is 1. The van der Waals surface area contributed by atoms with E-state index >= 15 is 4.39 Å². The summed E-state index contributed by atoms with van der Waals surface area (Å²) >= 11 is 0. The van der Waals surface area contributed by atoms with Crippen LogP contribution in [0.5, 0.6) is 0 Å². The quantitative estimate of drug-likeness (QED) is 0.108. The Balaban J connectivity index is 1.19. The van der Waals surface area contributed by atoms with E-state index in [1.165, 1.54) is 24.5 Å². The van der Waals surface area contributed by atoms with Crippen molar-refractivity contribution in [1.29, 1.82) is 0 Å². The number of benzene rings is 1. The standard InChI is InChI=1S/C38H50F2N8O5Si/c1-38(2,3)53-36(50)45-31-26(25-9-7-10-27(39)30(25)40)12-13-28(32-33(31)42-18-17-41-32)44-35(49)46-19-14-24(15-20-46)48-29-11-8-16-43-34(29)47(37(48)51)23-52-21-22-54(4,5)6/h7-11,16-18,24,26,28,31H,12-15,19-23H2,1-6H3,(H,44,49)(H,45,50)/t26-,28+,31-/m0/s1. The van der Waals surface area contributed by atoms with Crippen LogP contribution in [0.4, 0.5) is 18.4 Å². The first-order valence-corrected chi connectivity index (χ1v) is 22.2. The predicted octanol–water partition coefficient (Wildman–Crippen LogP) is 6.81. The van der Waals surface area contributed by atoms with E-state index in [0.29, 0.717) is 56.0 Å². The zero-order valence-electron chi connectivity index (χ0n) is 31.8. The molecule has 0 spiro atoms. The van der Waals surface area contributed by atoms with Gasteiger partial charge in [-0.3, -0.25) is 19.1 Å². The third kappa shape index (κ3) is 8.81. The van der Waals surface area contributed by atoms with Gasteiger partial charge in [-0.05, 0) is 76.3 Å². The first-order chi connectivity index (χ1) is 25.6. The lowest BCUT2D eigenvalue weighted by atomic mass is 9.86. The van der Waals surface area contributed by atoms with E-state index in [9.17, 15) is 18.8 Å². The van der Waals surface area contributed by atoms with Gasteiger partial charge in [0.2, 0.25) is 0 Å². The SMILES string of the molecule is CC(C)(C)OC(=O)N[C@@H]1c2nccnc2[C@H](NC(=O)N2CCC(n3c(=O)n(COCC[Si](C)(C)C)c4ncccc43)CC2)CC[C@H]1c1cccc(F)c1F. The Labute approximate surface area is 314 Å². The highest BCUT2D eigenvalue weighted by atomic mass is 28.3. The van der Waals surface area contributed by atoms with Gasteiger partial charge in [0.25, 0.3) is 0 Å². The second-order valence-corrected chi connectivity index (χ2v) is 21.9. The van der Waals surface area contributed by atoms with Gasteiger partial charge >= 0.3 is 17.8 Å². The van der Waals surface area contributed by atoms with E-state index < -0.39 is 49.4 Å². The normalized spacial score (nSPS) is 19.6. The fraction of sp³-hybridized carbons (Fsp3) is 0.526. The van der Waals surface area contributed by atoms with Gasteiger partial charge in [-0.1, -0.05) is 31.8 Å². The van der Waals surface area contributed by atoms with E-state index in [0.717, 1.165) is 17.6 Å². The molecule has 3 amide bonds. The van der Waals surface area contributed by atoms with E-state index in [1.54, 1.807) is 41.0 Å². The Morgan fingerprint density at radius 3 is 2.35 bits per heavy atom. The van der Waals surface area contributed by atoms with Crippen LogP contribution in [0.25, 0.3) is 11.2 Å². The smallest absolute Gasteiger partial charge is 0.408 e. The van der Waals surface area contributed by atoms with Crippen molar-refractivity contribution in [3.8, 4) is 0 Å². The molecule has 4 heterocycles. The zero-order chi connectivity index (χ0) is 38.8. The summed E-state index contributed by atoms with van der Waals surface area (Å²) in [5.41, 5.74) is 1.12. The lowest BCUT2D eigenvalue weighted by molar-refractivity contribution is 0.0492. The van der Waals surface area contributed by atoms with Crippen LogP contribution in [-0.4, -0.2) is 74.5 Å². The number of pyridine rings is 1. The van der Waals surface area contributed by atoms with Gasteiger partial charge in [-0.25, -0.2) is 28.1 Å². The van der Waals surface area contributed by atoms with Crippen LogP contribution in [0, 0.1) is 11.6 Å². The molecule has 0 unspecified atom stereocenters. The molecule has 3 atom stereocenters. The van der Waals surface area contributed by atoms with Gasteiger partial charge in [0, 0.05) is 58.3 Å². The summed E-state index contributed by atoms with van der Waals surface area (Å²) in [5, 5.41) is 5.96. The molecule has 0 saturated carbocycles. The lowest BCUT2D eigenvalue weighted by Gasteiger charge is -2.33. The molecule has 6 rings (SSSR count). The Morgan fingerprint density at radius 1 is 0.926 bits per heavy atom. The summed E-state index contributed by atoms with van der Waals surface area (Å²) in [6, 6.07) is 6.60. The molecule has 0 bridgehead atoms. The van der Waals surface area contributed by atoms with Crippen LogP contribution in [0.3, 0.4) is 0 Å². The number of fused-ring (bicyclic) bond motifs is 2. The van der Waals surface area contributed by atoms with Gasteiger partial charge < -0.3 is 25.0 Å². The Bertz CT molecular complexity index is 2040. The number of halogens is 2. The van der Waals surface area contributed by atoms with Crippen LogP contribution in [0.2, 0.25) is 25.7 Å². The molecule has 1 aliphatic heterocycles. The minimum atomic E-state index is -1.30. The highest BCUT2D eigenvalue weighted by Crippen LogP contribution is 2.43. The topological polar surface area (TPSA) is 146 Å². The van der Waals surface area contributed by atoms with Crippen molar-refractivity contribution in [3.63, 3.8) is 0 Å². The number of carbonyl (C=O) groups is 2. The van der Waals surface area contributed by atoms with Crippen molar-refractivity contribution in [3.05, 3.63) is 88.0 Å². The number of likely N-dealkylation sites (tertiary alicyclic amines) is 1. The molecule has 13 nitrogen and oxygen atoms in total. The number of piperidine rings is 1. The molecule has 4 aromatic rings. The van der Waals surface area contributed by atoms with Crippen LogP contribution in [0.15, 0.2) is 53.7 Å². The fourth-order valence-corrected chi connectivity index (χ4v) is 8.03. The third-order valence-corrected chi connectivity index (χ3v) is 11.7. The van der Waals surface area contributed by atoms with Crippen molar-refractivity contribution in [1.82, 2.24) is 39.6 Å². The van der Waals surface area contributed by atoms with Crippen LogP contribution < -0.4 is 16.3 Å². The number of imidazole rings is 1. The fourth-order valence-electron chi connectivity index (χ4n) is 7.27. The second kappa shape index (κ2) is 16.0. The average Bonchev–Trinajstić information content (AvgIpc) is 3.31. The Morgan fingerprint density at radius 2 is 1.65 bits per heavy atom. The molecule has 54 heavy (non-hydrogen) atoms. The molecular weight excluding hydrogens is 715 g/mol. The molecule has 1 aromatic carbocycles. The van der Waals surface area contributed by atoms with Gasteiger partial charge in [0.1, 0.15) is 12.3 Å². The number of carbonyl (C=O) groups excluding carboxylic acids is 2. The average molecular weight is 765 g/mol. The maximum Gasteiger partial charge on any atom is 0.408 e. The summed E-state index contributed by atoms with van der Waals surface area (Å²) in [7, 11) is -1.30. The lowest BCUT2D eigenvalue weighted by Crippen LogP contribution is -2.46. The Kier molecular flexibility index (Phi) is 11.5. The molecule has 3 aromatic heterocycles. The number of ether oxygens (including phenoxy) is 2.